The maximum absolute atomic E-state index is 14.3. The molecule has 0 aliphatic rings. The smallest absolute Gasteiger partial charge is 0.257 e. The first-order valence-electron chi connectivity index (χ1n) is 9.38. The Bertz CT molecular complexity index is 999. The SMILES string of the molecule is Cc1c(CN(C)C(=O)c2cc(Oc3ccc(CCN)cc3)ccc2F)cnn1C. The minimum Gasteiger partial charge on any atom is -0.457 e. The molecule has 1 amide bonds. The van der Waals surface area contributed by atoms with Crippen LogP contribution in [0.1, 0.15) is 27.2 Å². The highest BCUT2D eigenvalue weighted by molar-refractivity contribution is 5.94. The molecule has 0 saturated heterocycles. The van der Waals surface area contributed by atoms with Crippen molar-refractivity contribution in [3.63, 3.8) is 0 Å². The zero-order valence-electron chi connectivity index (χ0n) is 16.9. The van der Waals surface area contributed by atoms with Crippen molar-refractivity contribution in [3.05, 3.63) is 76.9 Å². The summed E-state index contributed by atoms with van der Waals surface area (Å²) in [6.07, 6.45) is 2.50. The zero-order chi connectivity index (χ0) is 21.0. The molecule has 0 aliphatic heterocycles. The molecule has 3 rings (SSSR count). The van der Waals surface area contributed by atoms with Gasteiger partial charge in [-0.15, -0.1) is 0 Å². The molecule has 29 heavy (non-hydrogen) atoms. The monoisotopic (exact) mass is 396 g/mol. The second kappa shape index (κ2) is 8.87. The first kappa shape index (κ1) is 20.5. The van der Waals surface area contributed by atoms with Crippen molar-refractivity contribution < 1.29 is 13.9 Å². The maximum atomic E-state index is 14.3. The fraction of sp³-hybridized carbons (Fsp3) is 0.273. The summed E-state index contributed by atoms with van der Waals surface area (Å²) in [5.41, 5.74) is 8.50. The lowest BCUT2D eigenvalue weighted by Crippen LogP contribution is -2.27. The third-order valence-corrected chi connectivity index (χ3v) is 4.85. The van der Waals surface area contributed by atoms with Gasteiger partial charge in [0.05, 0.1) is 11.8 Å². The lowest BCUT2D eigenvalue weighted by Gasteiger charge is -2.18. The number of aromatic nitrogens is 2. The molecule has 0 unspecified atom stereocenters. The Hall–Kier alpha value is -3.19. The number of rotatable bonds is 7. The van der Waals surface area contributed by atoms with Crippen molar-refractivity contribution in [2.45, 2.75) is 19.9 Å². The number of carbonyl (C=O) groups excluding carboxylic acids is 1. The third-order valence-electron chi connectivity index (χ3n) is 4.85. The van der Waals surface area contributed by atoms with Crippen molar-refractivity contribution in [2.75, 3.05) is 13.6 Å². The van der Waals surface area contributed by atoms with E-state index in [1.165, 1.54) is 23.1 Å². The normalized spacial score (nSPS) is 10.8. The van der Waals surface area contributed by atoms with E-state index >= 15 is 0 Å². The van der Waals surface area contributed by atoms with Gasteiger partial charge < -0.3 is 15.4 Å². The third kappa shape index (κ3) is 4.81. The summed E-state index contributed by atoms with van der Waals surface area (Å²) < 4.78 is 21.9. The molecule has 0 fully saturated rings. The maximum Gasteiger partial charge on any atom is 0.257 e. The fourth-order valence-corrected chi connectivity index (χ4v) is 2.99. The van der Waals surface area contributed by atoms with Crippen LogP contribution in [0.3, 0.4) is 0 Å². The van der Waals surface area contributed by atoms with Crippen molar-refractivity contribution >= 4 is 5.91 Å². The first-order valence-corrected chi connectivity index (χ1v) is 9.38. The van der Waals surface area contributed by atoms with E-state index in [4.69, 9.17) is 10.5 Å². The quantitative estimate of drug-likeness (QED) is 0.664. The van der Waals surface area contributed by atoms with E-state index in [2.05, 4.69) is 5.10 Å². The topological polar surface area (TPSA) is 73.4 Å². The number of halogens is 1. The van der Waals surface area contributed by atoms with E-state index in [1.807, 2.05) is 38.2 Å². The molecular weight excluding hydrogens is 371 g/mol. The lowest BCUT2D eigenvalue weighted by molar-refractivity contribution is 0.0780. The van der Waals surface area contributed by atoms with Gasteiger partial charge in [-0.25, -0.2) is 4.39 Å². The van der Waals surface area contributed by atoms with Gasteiger partial charge >= 0.3 is 0 Å². The minimum absolute atomic E-state index is 0.0358. The highest BCUT2D eigenvalue weighted by Gasteiger charge is 2.19. The van der Waals surface area contributed by atoms with Crippen LogP contribution >= 0.6 is 0 Å². The van der Waals surface area contributed by atoms with E-state index in [0.29, 0.717) is 24.6 Å². The summed E-state index contributed by atoms with van der Waals surface area (Å²) in [5.74, 6) is -0.00713. The summed E-state index contributed by atoms with van der Waals surface area (Å²) >= 11 is 0. The molecule has 6 nitrogen and oxygen atoms in total. The van der Waals surface area contributed by atoms with Crippen LogP contribution in [0.4, 0.5) is 4.39 Å². The molecule has 0 bridgehead atoms. The number of nitrogens with zero attached hydrogens (tertiary/aromatic N) is 3. The van der Waals surface area contributed by atoms with Gasteiger partial charge in [-0.1, -0.05) is 12.1 Å². The summed E-state index contributed by atoms with van der Waals surface area (Å²) in [7, 11) is 3.47. The summed E-state index contributed by atoms with van der Waals surface area (Å²) in [4.78, 5) is 14.3. The van der Waals surface area contributed by atoms with Crippen molar-refractivity contribution in [2.24, 2.45) is 12.8 Å². The molecule has 0 saturated carbocycles. The van der Waals surface area contributed by atoms with Crippen LogP contribution in [0.5, 0.6) is 11.5 Å². The number of hydrogen-bond acceptors (Lipinski definition) is 4. The van der Waals surface area contributed by atoms with Crippen molar-refractivity contribution in [3.8, 4) is 11.5 Å². The number of aryl methyl sites for hydroxylation is 1. The number of ether oxygens (including phenoxy) is 1. The van der Waals surface area contributed by atoms with E-state index in [9.17, 15) is 9.18 Å². The Labute approximate surface area is 169 Å². The number of benzene rings is 2. The summed E-state index contributed by atoms with van der Waals surface area (Å²) in [6, 6.07) is 11.7. The van der Waals surface area contributed by atoms with Gasteiger partial charge in [0.1, 0.15) is 17.3 Å². The van der Waals surface area contributed by atoms with Crippen LogP contribution in [0.15, 0.2) is 48.7 Å². The van der Waals surface area contributed by atoms with Crippen LogP contribution < -0.4 is 10.5 Å². The van der Waals surface area contributed by atoms with Crippen LogP contribution in [-0.4, -0.2) is 34.2 Å². The molecule has 1 aromatic heterocycles. The van der Waals surface area contributed by atoms with Gasteiger partial charge in [0, 0.05) is 31.9 Å². The van der Waals surface area contributed by atoms with Gasteiger partial charge in [0.25, 0.3) is 5.91 Å². The molecule has 3 aromatic rings. The Morgan fingerprint density at radius 2 is 1.90 bits per heavy atom. The molecule has 0 aliphatic carbocycles. The van der Waals surface area contributed by atoms with Crippen LogP contribution in [-0.2, 0) is 20.0 Å². The summed E-state index contributed by atoms with van der Waals surface area (Å²) in [6.45, 7) is 2.84. The van der Waals surface area contributed by atoms with Crippen LogP contribution in [0.25, 0.3) is 0 Å². The molecule has 1 heterocycles. The van der Waals surface area contributed by atoms with E-state index < -0.39 is 11.7 Å². The van der Waals surface area contributed by atoms with Crippen LogP contribution in [0, 0.1) is 12.7 Å². The fourth-order valence-electron chi connectivity index (χ4n) is 2.99. The molecule has 0 spiro atoms. The average molecular weight is 396 g/mol. The largest absolute Gasteiger partial charge is 0.457 e. The molecule has 7 heteroatoms. The number of carbonyl (C=O) groups is 1. The molecule has 152 valence electrons. The molecule has 2 N–H and O–H groups in total. The van der Waals surface area contributed by atoms with Crippen molar-refractivity contribution in [1.29, 1.82) is 0 Å². The second-order valence-electron chi connectivity index (χ2n) is 6.97. The standard InChI is InChI=1S/C22H25FN4O2/c1-15-17(13-25-27(15)3)14-26(2)22(28)20-12-19(8-9-21(20)23)29-18-6-4-16(5-7-18)10-11-24/h4-9,12-13H,10-11,14,24H2,1-3H3. The summed E-state index contributed by atoms with van der Waals surface area (Å²) in [5, 5.41) is 4.18. The molecule has 0 radical (unpaired) electrons. The Morgan fingerprint density at radius 3 is 2.52 bits per heavy atom. The minimum atomic E-state index is -0.588. The van der Waals surface area contributed by atoms with E-state index in [0.717, 1.165) is 23.2 Å². The van der Waals surface area contributed by atoms with Gasteiger partial charge in [0.2, 0.25) is 0 Å². The highest BCUT2D eigenvalue weighted by atomic mass is 19.1. The van der Waals surface area contributed by atoms with Gasteiger partial charge in [-0.05, 0) is 55.8 Å². The van der Waals surface area contributed by atoms with Gasteiger partial charge in [-0.3, -0.25) is 9.48 Å². The predicted molar refractivity (Wildman–Crippen MR) is 109 cm³/mol. The number of nitrogens with two attached hydrogens (primary N) is 1. The number of amides is 1. The number of hydrogen-bond donors (Lipinski definition) is 1. The second-order valence-corrected chi connectivity index (χ2v) is 6.97. The van der Waals surface area contributed by atoms with Crippen LogP contribution in [0.2, 0.25) is 0 Å². The van der Waals surface area contributed by atoms with Gasteiger partial charge in [-0.2, -0.15) is 5.10 Å². The molecule has 2 aromatic carbocycles. The predicted octanol–water partition coefficient (Wildman–Crippen LogP) is 3.43. The van der Waals surface area contributed by atoms with Gasteiger partial charge in [0.15, 0.2) is 0 Å². The Balaban J connectivity index is 1.75. The molecule has 0 atom stereocenters. The highest BCUT2D eigenvalue weighted by Crippen LogP contribution is 2.25. The van der Waals surface area contributed by atoms with Crippen molar-refractivity contribution in [1.82, 2.24) is 14.7 Å². The Morgan fingerprint density at radius 1 is 1.21 bits per heavy atom. The Kier molecular flexibility index (Phi) is 6.29. The zero-order valence-corrected chi connectivity index (χ0v) is 16.9. The average Bonchev–Trinajstić information content (AvgIpc) is 3.02. The van der Waals surface area contributed by atoms with E-state index in [-0.39, 0.29) is 5.56 Å². The van der Waals surface area contributed by atoms with E-state index in [1.54, 1.807) is 17.9 Å². The first-order chi connectivity index (χ1) is 13.9. The molecular formula is C22H25FN4O2. The lowest BCUT2D eigenvalue weighted by atomic mass is 10.1.